The van der Waals surface area contributed by atoms with Gasteiger partial charge in [-0.05, 0) is 12.1 Å². The molecule has 0 saturated carbocycles. The zero-order valence-corrected chi connectivity index (χ0v) is 7.57. The van der Waals surface area contributed by atoms with E-state index in [1.807, 2.05) is 0 Å². The molecule has 0 atom stereocenters. The first kappa shape index (κ1) is 10.6. The Labute approximate surface area is 84.7 Å². The average Bonchev–Trinajstić information content (AvgIpc) is 2.18. The third-order valence-corrected chi connectivity index (χ3v) is 1.25. The monoisotopic (exact) mass is 208 g/mol. The molecule has 0 saturated heterocycles. The molecule has 1 aromatic rings. The first-order chi connectivity index (χ1) is 7.18. The number of nitro groups is 1. The van der Waals surface area contributed by atoms with Crippen LogP contribution in [0, 0.1) is 10.1 Å². The van der Waals surface area contributed by atoms with Gasteiger partial charge in [-0.1, -0.05) is 11.5 Å². The Morgan fingerprint density at radius 1 is 1.67 bits per heavy atom. The average molecular weight is 208 g/mol. The lowest BCUT2D eigenvalue weighted by Gasteiger charge is -1.91. The summed E-state index contributed by atoms with van der Waals surface area (Å²) in [6, 6.07) is 5.23. The number of hydrogen-bond donors (Lipinski definition) is 2. The second kappa shape index (κ2) is 5.27. The van der Waals surface area contributed by atoms with Crippen molar-refractivity contribution in [1.82, 2.24) is 10.4 Å². The third-order valence-electron chi connectivity index (χ3n) is 1.25. The molecule has 0 aliphatic carbocycles. The third kappa shape index (κ3) is 4.31. The van der Waals surface area contributed by atoms with Gasteiger partial charge in [-0.15, -0.1) is 5.10 Å². The molecular formula is C7H8N6O2. The van der Waals surface area contributed by atoms with Crippen LogP contribution in [0.5, 0.6) is 0 Å². The number of nitrogens with two attached hydrogens (primary N) is 1. The smallest absolute Gasteiger partial charge is 0.275 e. The quantitative estimate of drug-likeness (QED) is 0.300. The van der Waals surface area contributed by atoms with Crippen molar-refractivity contribution < 1.29 is 5.03 Å². The minimum Gasteiger partial charge on any atom is -0.364 e. The SMILES string of the molecule is N/C(=N/N=C/c1ccccn1)N[N+](=O)[O-]. The van der Waals surface area contributed by atoms with E-state index in [0.29, 0.717) is 5.69 Å². The van der Waals surface area contributed by atoms with Crippen molar-refractivity contribution in [2.45, 2.75) is 0 Å². The van der Waals surface area contributed by atoms with Crippen LogP contribution in [0.25, 0.3) is 0 Å². The molecule has 0 radical (unpaired) electrons. The van der Waals surface area contributed by atoms with Gasteiger partial charge in [0, 0.05) is 6.20 Å². The Hall–Kier alpha value is -2.51. The summed E-state index contributed by atoms with van der Waals surface area (Å²) >= 11 is 0. The molecule has 0 bridgehead atoms. The van der Waals surface area contributed by atoms with Gasteiger partial charge in [0.05, 0.1) is 11.9 Å². The number of nitrogens with one attached hydrogen (secondary N) is 1. The number of rotatable bonds is 3. The Balaban J connectivity index is 2.56. The van der Waals surface area contributed by atoms with Crippen LogP contribution in [-0.2, 0) is 0 Å². The van der Waals surface area contributed by atoms with Crippen LogP contribution in [-0.4, -0.2) is 22.2 Å². The summed E-state index contributed by atoms with van der Waals surface area (Å²) in [6.45, 7) is 0. The molecule has 3 N–H and O–H groups in total. The molecule has 15 heavy (non-hydrogen) atoms. The predicted octanol–water partition coefficient (Wildman–Crippen LogP) is -0.488. The van der Waals surface area contributed by atoms with Gasteiger partial charge in [-0.2, -0.15) is 5.10 Å². The summed E-state index contributed by atoms with van der Waals surface area (Å²) in [5.41, 5.74) is 7.33. The zero-order chi connectivity index (χ0) is 11.1. The number of pyridine rings is 1. The highest BCUT2D eigenvalue weighted by Gasteiger charge is 1.96. The number of guanidine groups is 1. The van der Waals surface area contributed by atoms with E-state index in [1.165, 1.54) is 6.21 Å². The van der Waals surface area contributed by atoms with Gasteiger partial charge in [0.25, 0.3) is 5.96 Å². The molecule has 1 heterocycles. The lowest BCUT2D eigenvalue weighted by Crippen LogP contribution is -2.35. The molecule has 0 aliphatic rings. The summed E-state index contributed by atoms with van der Waals surface area (Å²) in [5.74, 6) is -0.396. The molecule has 0 aromatic carbocycles. The van der Waals surface area contributed by atoms with E-state index in [9.17, 15) is 10.1 Å². The summed E-state index contributed by atoms with van der Waals surface area (Å²) in [4.78, 5) is 13.8. The van der Waals surface area contributed by atoms with E-state index in [1.54, 1.807) is 29.8 Å². The summed E-state index contributed by atoms with van der Waals surface area (Å²) < 4.78 is 0. The van der Waals surface area contributed by atoms with E-state index in [-0.39, 0.29) is 0 Å². The van der Waals surface area contributed by atoms with E-state index < -0.39 is 11.0 Å². The van der Waals surface area contributed by atoms with Gasteiger partial charge >= 0.3 is 0 Å². The fourth-order valence-corrected chi connectivity index (χ4v) is 0.718. The van der Waals surface area contributed by atoms with Gasteiger partial charge in [0.2, 0.25) is 0 Å². The number of nitrogens with zero attached hydrogens (tertiary/aromatic N) is 4. The zero-order valence-electron chi connectivity index (χ0n) is 7.57. The van der Waals surface area contributed by atoms with Gasteiger partial charge in [0.1, 0.15) is 0 Å². The molecule has 0 spiro atoms. The van der Waals surface area contributed by atoms with Crippen molar-refractivity contribution in [3.63, 3.8) is 0 Å². The normalized spacial score (nSPS) is 11.6. The second-order valence-corrected chi connectivity index (χ2v) is 2.35. The minimum absolute atomic E-state index is 0.396. The van der Waals surface area contributed by atoms with E-state index >= 15 is 0 Å². The molecule has 1 rings (SSSR count). The minimum atomic E-state index is -0.824. The van der Waals surface area contributed by atoms with Crippen LogP contribution in [0.4, 0.5) is 0 Å². The maximum atomic E-state index is 9.91. The van der Waals surface area contributed by atoms with Gasteiger partial charge in [-0.3, -0.25) is 4.98 Å². The Morgan fingerprint density at radius 3 is 3.07 bits per heavy atom. The van der Waals surface area contributed by atoms with Crippen molar-refractivity contribution in [1.29, 1.82) is 0 Å². The Morgan fingerprint density at radius 2 is 2.47 bits per heavy atom. The first-order valence-electron chi connectivity index (χ1n) is 3.87. The molecule has 0 aliphatic heterocycles. The van der Waals surface area contributed by atoms with Crippen molar-refractivity contribution in [2.24, 2.45) is 15.9 Å². The summed E-state index contributed by atoms with van der Waals surface area (Å²) in [6.07, 6.45) is 2.91. The molecule has 0 unspecified atom stereocenters. The van der Waals surface area contributed by atoms with E-state index in [2.05, 4.69) is 15.2 Å². The molecule has 0 fully saturated rings. The largest absolute Gasteiger partial charge is 0.364 e. The van der Waals surface area contributed by atoms with Gasteiger partial charge in [0.15, 0.2) is 5.03 Å². The lowest BCUT2D eigenvalue weighted by molar-refractivity contribution is -0.525. The van der Waals surface area contributed by atoms with Crippen molar-refractivity contribution in [3.8, 4) is 0 Å². The second-order valence-electron chi connectivity index (χ2n) is 2.35. The highest BCUT2D eigenvalue weighted by Crippen LogP contribution is 1.88. The molecular weight excluding hydrogens is 200 g/mol. The molecule has 8 heteroatoms. The summed E-state index contributed by atoms with van der Waals surface area (Å²) in [5, 5.41) is 15.9. The van der Waals surface area contributed by atoms with Gasteiger partial charge < -0.3 is 5.73 Å². The number of hydrazine groups is 1. The number of hydrogen-bond acceptors (Lipinski definition) is 5. The molecule has 0 amide bonds. The maximum Gasteiger partial charge on any atom is 0.275 e. The van der Waals surface area contributed by atoms with Crippen LogP contribution >= 0.6 is 0 Å². The number of aromatic nitrogens is 1. The molecule has 1 aromatic heterocycles. The first-order valence-corrected chi connectivity index (χ1v) is 3.87. The van der Waals surface area contributed by atoms with Crippen LogP contribution in [0.3, 0.4) is 0 Å². The highest BCUT2D eigenvalue weighted by atomic mass is 16.7. The predicted molar refractivity (Wildman–Crippen MR) is 53.6 cm³/mol. The van der Waals surface area contributed by atoms with E-state index in [4.69, 9.17) is 5.73 Å². The van der Waals surface area contributed by atoms with E-state index in [0.717, 1.165) is 0 Å². The van der Waals surface area contributed by atoms with Crippen LogP contribution in [0.1, 0.15) is 5.69 Å². The maximum absolute atomic E-state index is 9.91. The van der Waals surface area contributed by atoms with Gasteiger partial charge in [-0.25, -0.2) is 10.1 Å². The highest BCUT2D eigenvalue weighted by molar-refractivity contribution is 5.80. The summed E-state index contributed by atoms with van der Waals surface area (Å²) in [7, 11) is 0. The lowest BCUT2D eigenvalue weighted by atomic mass is 10.4. The fourth-order valence-electron chi connectivity index (χ4n) is 0.718. The molecule has 8 nitrogen and oxygen atoms in total. The van der Waals surface area contributed by atoms with Crippen molar-refractivity contribution >= 4 is 12.2 Å². The Bertz CT molecular complexity index is 388. The standard InChI is InChI=1S/C7H8N6O2/c8-7(12-13(14)15)11-10-5-6-3-1-2-4-9-6/h1-5H,(H3,8,11,12)/b10-5+. The topological polar surface area (TPSA) is 119 Å². The van der Waals surface area contributed by atoms with Crippen molar-refractivity contribution in [2.75, 3.05) is 0 Å². The Kier molecular flexibility index (Phi) is 3.71. The van der Waals surface area contributed by atoms with Crippen LogP contribution in [0.2, 0.25) is 0 Å². The molecule has 78 valence electrons. The van der Waals surface area contributed by atoms with Crippen LogP contribution < -0.4 is 11.2 Å². The van der Waals surface area contributed by atoms with Crippen LogP contribution in [0.15, 0.2) is 34.6 Å². The van der Waals surface area contributed by atoms with Crippen molar-refractivity contribution in [3.05, 3.63) is 40.2 Å². The fraction of sp³-hybridized carbons (Fsp3) is 0.